The van der Waals surface area contributed by atoms with Crippen LogP contribution in [0.5, 0.6) is 11.5 Å². The van der Waals surface area contributed by atoms with Crippen LogP contribution in [0.2, 0.25) is 0 Å². The van der Waals surface area contributed by atoms with Crippen LogP contribution < -0.4 is 4.52 Å². The summed E-state index contributed by atoms with van der Waals surface area (Å²) < 4.78 is 33.4. The summed E-state index contributed by atoms with van der Waals surface area (Å²) in [7, 11) is -4.23. The molecule has 13 rings (SSSR count). The molecule has 7 heteroatoms. The van der Waals surface area contributed by atoms with E-state index >= 15 is 0 Å². The number of nitriles is 1. The number of rotatable bonds is 8. The Kier molecular flexibility index (Phi) is 6.55. The third-order valence-corrected chi connectivity index (χ3v) is 17.2. The summed E-state index contributed by atoms with van der Waals surface area (Å²) in [6.45, 7) is -0.0758. The fourth-order valence-corrected chi connectivity index (χ4v) is 15.2. The second kappa shape index (κ2) is 11.3. The van der Waals surface area contributed by atoms with Crippen LogP contribution in [0.4, 0.5) is 0 Å². The lowest BCUT2D eigenvalue weighted by Gasteiger charge is -2.34. The van der Waals surface area contributed by atoms with Gasteiger partial charge in [0.25, 0.3) is 0 Å². The molecular weight excluding hydrogens is 714 g/mol. The van der Waals surface area contributed by atoms with Crippen molar-refractivity contribution in [3.05, 3.63) is 138 Å². The van der Waals surface area contributed by atoms with Gasteiger partial charge in [-0.2, -0.15) is 5.26 Å². The molecule has 0 aliphatic heterocycles. The molecule has 9 aliphatic rings. The van der Waals surface area contributed by atoms with Crippen LogP contribution in [-0.2, 0) is 13.6 Å². The molecule has 4 aromatic rings. The van der Waals surface area contributed by atoms with Crippen LogP contribution in [0, 0.1) is 29.6 Å². The smallest absolute Gasteiger partial charge is 0.507 e. The molecule has 0 heterocycles. The second-order valence-corrected chi connectivity index (χ2v) is 19.5. The number of nitrogens with zero attached hydrogens (tertiary/aromatic N) is 1. The van der Waals surface area contributed by atoms with Gasteiger partial charge in [-0.05, 0) is 112 Å². The molecule has 1 saturated carbocycles. The maximum absolute atomic E-state index is 14.7. The van der Waals surface area contributed by atoms with E-state index in [1.54, 1.807) is 5.57 Å². The number of allylic oxidation sites excluding steroid dienone is 2. The third-order valence-electron chi connectivity index (χ3n) is 15.8. The minimum absolute atomic E-state index is 0.00566. The van der Waals surface area contributed by atoms with Gasteiger partial charge in [0.2, 0.25) is 0 Å². The zero-order valence-corrected chi connectivity index (χ0v) is 32.1. The molecule has 0 saturated heterocycles. The average molecular weight is 756 g/mol. The summed E-state index contributed by atoms with van der Waals surface area (Å²) in [6, 6.07) is 21.0. The van der Waals surface area contributed by atoms with Gasteiger partial charge < -0.3 is 9.63 Å². The Balaban J connectivity index is 0.977. The molecule has 10 unspecified atom stereocenters. The van der Waals surface area contributed by atoms with Crippen molar-refractivity contribution in [3.8, 4) is 29.9 Å². The largest absolute Gasteiger partial charge is 0.530 e. The highest BCUT2D eigenvalue weighted by atomic mass is 31.2. The van der Waals surface area contributed by atoms with Crippen molar-refractivity contribution in [3.63, 3.8) is 0 Å². The number of terminal acetylenes is 1. The molecule has 0 radical (unpaired) electrons. The van der Waals surface area contributed by atoms with Crippen LogP contribution in [0.3, 0.4) is 0 Å². The highest BCUT2D eigenvalue weighted by Crippen LogP contribution is 2.73. The minimum Gasteiger partial charge on any atom is -0.507 e. The maximum Gasteiger partial charge on any atom is 0.530 e. The summed E-state index contributed by atoms with van der Waals surface area (Å²) in [6.07, 6.45) is 16.2. The number of phenols is 1. The summed E-state index contributed by atoms with van der Waals surface area (Å²) in [4.78, 5) is 0. The molecule has 1 N–H and O–H groups in total. The first kappa shape index (κ1) is 32.5. The Labute approximate surface area is 327 Å². The van der Waals surface area contributed by atoms with E-state index in [2.05, 4.69) is 66.6 Å². The van der Waals surface area contributed by atoms with Crippen LogP contribution in [-0.4, -0.2) is 18.3 Å². The first-order chi connectivity index (χ1) is 27.5. The van der Waals surface area contributed by atoms with Crippen molar-refractivity contribution >= 4 is 7.82 Å². The first-order valence-corrected chi connectivity index (χ1v) is 22.4. The molecule has 9 aliphatic carbocycles. The number of hydrogen-bond donors (Lipinski definition) is 1. The predicted octanol–water partition coefficient (Wildman–Crippen LogP) is 11.1. The number of fused-ring (bicyclic) bond motifs is 32. The second-order valence-electron chi connectivity index (χ2n) is 17.9. The first-order valence-electron chi connectivity index (χ1n) is 20.9. The summed E-state index contributed by atoms with van der Waals surface area (Å²) in [5.41, 5.74) is 19.6. The van der Waals surface area contributed by atoms with Gasteiger partial charge in [-0.15, -0.1) is 12.3 Å². The van der Waals surface area contributed by atoms with Crippen LogP contribution in [0.15, 0.2) is 60.2 Å². The Morgan fingerprint density at radius 1 is 0.679 bits per heavy atom. The van der Waals surface area contributed by atoms with Crippen molar-refractivity contribution in [2.75, 3.05) is 13.2 Å². The fraction of sp³-hybridized carbons (Fsp3) is 0.408. The van der Waals surface area contributed by atoms with Crippen molar-refractivity contribution in [2.45, 2.75) is 105 Å². The molecule has 278 valence electrons. The topological polar surface area (TPSA) is 88.8 Å². The summed E-state index contributed by atoms with van der Waals surface area (Å²) >= 11 is 0. The average Bonchev–Trinajstić information content (AvgIpc) is 4.10. The quantitative estimate of drug-likeness (QED) is 0.0834. The highest BCUT2D eigenvalue weighted by Gasteiger charge is 2.56. The van der Waals surface area contributed by atoms with Crippen LogP contribution >= 0.6 is 7.82 Å². The van der Waals surface area contributed by atoms with E-state index in [0.717, 1.165) is 41.5 Å². The maximum atomic E-state index is 14.7. The molecule has 4 aromatic carbocycles. The number of phosphoric acid groups is 1. The minimum atomic E-state index is -4.23. The number of phenolic OH excluding ortho intramolecular Hbond substituents is 1. The molecule has 56 heavy (non-hydrogen) atoms. The number of hydrogen-bond acceptors (Lipinski definition) is 6. The van der Waals surface area contributed by atoms with Crippen molar-refractivity contribution in [1.82, 2.24) is 0 Å². The molecule has 0 spiro atoms. The molecule has 10 atom stereocenters. The van der Waals surface area contributed by atoms with E-state index in [4.69, 9.17) is 20.0 Å². The van der Waals surface area contributed by atoms with E-state index < -0.39 is 7.82 Å². The SMILES string of the molecule is C#CCCOP(=O)(OCCC#N)Oc1c2c(c(O)c3c1C1CC3c3cc4c(cc31)C1CC4C3=CCCCC31)C1CC2c2cc3c(cc21)C1CC3c2ccccc21. The van der Waals surface area contributed by atoms with Gasteiger partial charge in [0.15, 0.2) is 0 Å². The van der Waals surface area contributed by atoms with Crippen LogP contribution in [0.1, 0.15) is 183 Å². The van der Waals surface area contributed by atoms with E-state index in [1.165, 1.54) is 81.3 Å². The molecule has 1 fully saturated rings. The standard InChI is InChI=1S/C49H42NO5P/c1-2-3-14-53-56(52,54-15-8-13-50)55-49-46-42-22-40(36-18-32-28-16-30(34(32)20-38(36)42)26-11-6-4-9-24(26)28)44(46)48(51)45-41-23-43(47(45)49)39-21-35-31-17-29(33(35)19-37(39)41)25-10-5-7-12-27(25)31/h1,4,6,9-11,18-21,27-31,40-43,51H,3,5,7-8,12,14-17,22-23H2. The number of aromatic hydroxyl groups is 1. The van der Waals surface area contributed by atoms with Gasteiger partial charge in [0.05, 0.1) is 25.7 Å². The molecule has 8 bridgehead atoms. The predicted molar refractivity (Wildman–Crippen MR) is 212 cm³/mol. The van der Waals surface area contributed by atoms with Gasteiger partial charge in [-0.3, -0.25) is 9.05 Å². The summed E-state index contributed by atoms with van der Waals surface area (Å²) in [5.74, 6) is 6.19. The molecule has 0 amide bonds. The monoisotopic (exact) mass is 755 g/mol. The van der Waals surface area contributed by atoms with Crippen molar-refractivity contribution < 1.29 is 23.2 Å². The lowest BCUT2D eigenvalue weighted by atomic mass is 9.72. The van der Waals surface area contributed by atoms with E-state index in [-0.39, 0.29) is 49.7 Å². The number of phosphoric ester groups is 1. The van der Waals surface area contributed by atoms with Gasteiger partial charge in [0, 0.05) is 70.1 Å². The van der Waals surface area contributed by atoms with E-state index in [1.807, 2.05) is 0 Å². The van der Waals surface area contributed by atoms with E-state index in [0.29, 0.717) is 41.1 Å². The van der Waals surface area contributed by atoms with Gasteiger partial charge in [-0.1, -0.05) is 60.2 Å². The zero-order chi connectivity index (χ0) is 37.2. The fourth-order valence-electron chi connectivity index (χ4n) is 13.9. The third kappa shape index (κ3) is 3.99. The van der Waals surface area contributed by atoms with Gasteiger partial charge >= 0.3 is 7.82 Å². The van der Waals surface area contributed by atoms with Crippen LogP contribution in [0.25, 0.3) is 0 Å². The van der Waals surface area contributed by atoms with Crippen molar-refractivity contribution in [1.29, 1.82) is 5.26 Å². The Morgan fingerprint density at radius 2 is 1.21 bits per heavy atom. The van der Waals surface area contributed by atoms with E-state index in [9.17, 15) is 14.9 Å². The zero-order valence-electron chi connectivity index (χ0n) is 31.2. The molecular formula is C49H42NO5P. The molecule has 0 aromatic heterocycles. The normalized spacial score (nSPS) is 31.0. The lowest BCUT2D eigenvalue weighted by Crippen LogP contribution is -2.18. The van der Waals surface area contributed by atoms with Gasteiger partial charge in [0.1, 0.15) is 11.5 Å². The van der Waals surface area contributed by atoms with Crippen molar-refractivity contribution in [2.24, 2.45) is 5.92 Å². The Morgan fingerprint density at radius 3 is 1.82 bits per heavy atom. The highest BCUT2D eigenvalue weighted by molar-refractivity contribution is 7.48. The Bertz CT molecular complexity index is 2640. The van der Waals surface area contributed by atoms with Gasteiger partial charge in [-0.25, -0.2) is 4.57 Å². The summed E-state index contributed by atoms with van der Waals surface area (Å²) in [5, 5.41) is 22.1. The lowest BCUT2D eigenvalue weighted by molar-refractivity contribution is 0.159. The molecule has 6 nitrogen and oxygen atoms in total. The Hall–Kier alpha value is -4.58. The number of benzene rings is 4.